The molecule has 0 unspecified atom stereocenters. The Kier molecular flexibility index (Phi) is 7.54. The molecule has 0 bridgehead atoms. The Morgan fingerprint density at radius 1 is 0.633 bits per heavy atom. The average Bonchev–Trinajstić information content (AvgIpc) is 2.70. The van der Waals surface area contributed by atoms with Gasteiger partial charge in [-0.15, -0.1) is 0 Å². The molecule has 6 heteroatoms. The van der Waals surface area contributed by atoms with E-state index in [1.807, 2.05) is 64.1 Å². The highest BCUT2D eigenvalue weighted by Crippen LogP contribution is 2.36. The summed E-state index contributed by atoms with van der Waals surface area (Å²) in [7, 11) is 0. The first-order chi connectivity index (χ1) is 14.0. The van der Waals surface area contributed by atoms with Crippen LogP contribution in [0.25, 0.3) is 0 Å². The zero-order chi connectivity index (χ0) is 22.4. The molecule has 0 heterocycles. The van der Waals surface area contributed by atoms with Crippen molar-refractivity contribution in [2.75, 3.05) is 0 Å². The third-order valence-corrected chi connectivity index (χ3v) is 4.08. The smallest absolute Gasteiger partial charge is 0.184 e. The monoisotopic (exact) mass is 414 g/mol. The first-order valence-electron chi connectivity index (χ1n) is 9.59. The number of hydrogen-bond acceptors (Lipinski definition) is 6. The summed E-state index contributed by atoms with van der Waals surface area (Å²) in [6.45, 7) is 18.2. The summed E-state index contributed by atoms with van der Waals surface area (Å²) in [4.78, 5) is 32.8. The van der Waals surface area contributed by atoms with Crippen LogP contribution in [0.2, 0.25) is 0 Å². The van der Waals surface area contributed by atoms with Gasteiger partial charge in [0.1, 0.15) is 22.7 Å². The van der Waals surface area contributed by atoms with Gasteiger partial charge in [0, 0.05) is 11.1 Å². The predicted molar refractivity (Wildman–Crippen MR) is 114 cm³/mol. The van der Waals surface area contributed by atoms with Gasteiger partial charge in [0.15, 0.2) is 11.5 Å². The van der Waals surface area contributed by atoms with Crippen molar-refractivity contribution in [2.45, 2.75) is 52.7 Å². The van der Waals surface area contributed by atoms with Gasteiger partial charge in [-0.1, -0.05) is 49.6 Å². The molecule has 0 saturated carbocycles. The largest absolute Gasteiger partial charge is 0.342 e. The molecule has 0 amide bonds. The van der Waals surface area contributed by atoms with Crippen molar-refractivity contribution in [1.29, 1.82) is 0 Å². The Bertz CT molecular complexity index is 811. The van der Waals surface area contributed by atoms with Gasteiger partial charge in [0.05, 0.1) is 0 Å². The zero-order valence-electron chi connectivity index (χ0n) is 18.5. The van der Waals surface area contributed by atoms with Gasteiger partial charge in [0.25, 0.3) is 0 Å². The normalized spacial score (nSPS) is 11.5. The second-order valence-corrected chi connectivity index (χ2v) is 7.92. The quantitative estimate of drug-likeness (QED) is 0.238. The summed E-state index contributed by atoms with van der Waals surface area (Å²) >= 11 is 0. The maximum absolute atomic E-state index is 5.71. The van der Waals surface area contributed by atoms with Gasteiger partial charge in [0.2, 0.25) is 0 Å². The minimum absolute atomic E-state index is 0.450. The van der Waals surface area contributed by atoms with Gasteiger partial charge < -0.3 is 9.78 Å². The van der Waals surface area contributed by atoms with Crippen LogP contribution < -0.4 is 9.78 Å². The molecule has 0 aromatic heterocycles. The third kappa shape index (κ3) is 6.27. The number of hydrogen-bond donors (Lipinski definition) is 0. The summed E-state index contributed by atoms with van der Waals surface area (Å²) in [5.74, 6) is 1.87. The van der Waals surface area contributed by atoms with E-state index in [0.29, 0.717) is 23.0 Å². The number of allylic oxidation sites excluding steroid dienone is 2. The van der Waals surface area contributed by atoms with Crippen LogP contribution in [-0.4, -0.2) is 0 Å². The van der Waals surface area contributed by atoms with Crippen molar-refractivity contribution in [1.82, 2.24) is 0 Å². The Hall–Kier alpha value is -2.96. The lowest BCUT2D eigenvalue weighted by Gasteiger charge is -2.27. The first-order valence-corrected chi connectivity index (χ1v) is 9.59. The molecule has 0 fully saturated rings. The van der Waals surface area contributed by atoms with E-state index < -0.39 is 11.2 Å². The van der Waals surface area contributed by atoms with Crippen LogP contribution in [-0.2, 0) is 30.8 Å². The molecule has 0 aliphatic heterocycles. The van der Waals surface area contributed by atoms with Crippen LogP contribution in [0.5, 0.6) is 11.5 Å². The Labute approximate surface area is 178 Å². The minimum Gasteiger partial charge on any atom is -0.342 e. The second-order valence-electron chi connectivity index (χ2n) is 7.92. The fraction of sp³-hybridized carbons (Fsp3) is 0.333. The second kappa shape index (κ2) is 9.69. The molecule has 0 radical (unpaired) electrons. The van der Waals surface area contributed by atoms with E-state index in [1.54, 1.807) is 26.0 Å². The van der Waals surface area contributed by atoms with Gasteiger partial charge in [-0.3, -0.25) is 9.78 Å². The number of para-hydroxylation sites is 2. The summed E-state index contributed by atoms with van der Waals surface area (Å²) in [6.07, 6.45) is 0. The molecule has 2 aromatic carbocycles. The molecular formula is C24H30O6. The summed E-state index contributed by atoms with van der Waals surface area (Å²) in [6, 6.07) is 14.8. The lowest BCUT2D eigenvalue weighted by molar-refractivity contribution is -0.332. The highest BCUT2D eigenvalue weighted by molar-refractivity contribution is 5.39. The first kappa shape index (κ1) is 23.3. The average molecular weight is 414 g/mol. The Morgan fingerprint density at radius 2 is 0.967 bits per heavy atom. The van der Waals surface area contributed by atoms with Gasteiger partial charge in [-0.2, -0.15) is 9.78 Å². The Morgan fingerprint density at radius 3 is 1.30 bits per heavy atom. The van der Waals surface area contributed by atoms with E-state index >= 15 is 0 Å². The van der Waals surface area contributed by atoms with Crippen LogP contribution >= 0.6 is 0 Å². The topological polar surface area (TPSA) is 55.4 Å². The summed E-state index contributed by atoms with van der Waals surface area (Å²) < 4.78 is 0. The number of benzene rings is 2. The molecule has 162 valence electrons. The fourth-order valence-corrected chi connectivity index (χ4v) is 2.60. The molecule has 30 heavy (non-hydrogen) atoms. The highest BCUT2D eigenvalue weighted by Gasteiger charge is 2.30. The van der Waals surface area contributed by atoms with E-state index in [4.69, 9.17) is 29.3 Å². The predicted octanol–water partition coefficient (Wildman–Crippen LogP) is 6.49. The van der Waals surface area contributed by atoms with Crippen LogP contribution in [0, 0.1) is 0 Å². The maximum Gasteiger partial charge on any atom is 0.184 e. The molecular weight excluding hydrogens is 384 g/mol. The van der Waals surface area contributed by atoms with Gasteiger partial charge in [-0.25, -0.2) is 0 Å². The van der Waals surface area contributed by atoms with Gasteiger partial charge >= 0.3 is 0 Å². The van der Waals surface area contributed by atoms with Crippen molar-refractivity contribution < 1.29 is 29.3 Å². The molecule has 0 N–H and O–H groups in total. The molecule has 2 rings (SSSR count). The molecule has 0 atom stereocenters. The Balaban J connectivity index is 2.23. The molecule has 0 aliphatic rings. The molecule has 0 saturated heterocycles. The number of rotatable bonds is 11. The molecule has 6 nitrogen and oxygen atoms in total. The van der Waals surface area contributed by atoms with Crippen LogP contribution in [0.15, 0.2) is 73.2 Å². The fourth-order valence-electron chi connectivity index (χ4n) is 2.60. The van der Waals surface area contributed by atoms with Gasteiger partial charge in [-0.05, 0) is 53.7 Å². The maximum atomic E-state index is 5.71. The lowest BCUT2D eigenvalue weighted by atomic mass is 9.97. The van der Waals surface area contributed by atoms with Crippen molar-refractivity contribution in [3.63, 3.8) is 0 Å². The van der Waals surface area contributed by atoms with E-state index in [9.17, 15) is 0 Å². The molecule has 0 spiro atoms. The standard InChI is InChI=1S/C24H30O6/c1-17(2)25-29-23(5,6)19-13-9-11-15-21(19)27-28-22-16-12-10-14-20(22)24(7,8)30-26-18(3)4/h9-16H,1,3H2,2,4-8H3. The zero-order valence-corrected chi connectivity index (χ0v) is 18.5. The van der Waals surface area contributed by atoms with E-state index in [0.717, 1.165) is 11.1 Å². The molecule has 0 aliphatic carbocycles. The van der Waals surface area contributed by atoms with Crippen LogP contribution in [0.1, 0.15) is 52.7 Å². The van der Waals surface area contributed by atoms with E-state index in [1.165, 1.54) is 0 Å². The van der Waals surface area contributed by atoms with Crippen molar-refractivity contribution >= 4 is 0 Å². The SMILES string of the molecule is C=C(C)OOC(C)(C)c1ccccc1OOc1ccccc1C(C)(C)OOC(=C)C. The van der Waals surface area contributed by atoms with E-state index in [-0.39, 0.29) is 0 Å². The van der Waals surface area contributed by atoms with E-state index in [2.05, 4.69) is 13.2 Å². The van der Waals surface area contributed by atoms with Crippen molar-refractivity contribution in [3.8, 4) is 11.5 Å². The highest BCUT2D eigenvalue weighted by atomic mass is 17.2. The minimum atomic E-state index is -0.809. The summed E-state index contributed by atoms with van der Waals surface area (Å²) in [5, 5.41) is 0. The van der Waals surface area contributed by atoms with Crippen molar-refractivity contribution in [2.24, 2.45) is 0 Å². The third-order valence-electron chi connectivity index (χ3n) is 4.08. The van der Waals surface area contributed by atoms with Crippen molar-refractivity contribution in [3.05, 3.63) is 84.3 Å². The van der Waals surface area contributed by atoms with Crippen LogP contribution in [0.3, 0.4) is 0 Å². The lowest BCUT2D eigenvalue weighted by Crippen LogP contribution is -2.24. The summed E-state index contributed by atoms with van der Waals surface area (Å²) in [5.41, 5.74) is -0.138. The van der Waals surface area contributed by atoms with Crippen LogP contribution in [0.4, 0.5) is 0 Å². The molecule has 2 aromatic rings.